The van der Waals surface area contributed by atoms with Crippen LogP contribution in [0.4, 0.5) is 0 Å². The van der Waals surface area contributed by atoms with Crippen molar-refractivity contribution in [2.75, 3.05) is 13.7 Å². The van der Waals surface area contributed by atoms with Crippen molar-refractivity contribution in [3.05, 3.63) is 28.8 Å². The molecule has 1 N–H and O–H groups in total. The van der Waals surface area contributed by atoms with Gasteiger partial charge in [0.15, 0.2) is 0 Å². The summed E-state index contributed by atoms with van der Waals surface area (Å²) in [6.45, 7) is 9.72. The third-order valence-corrected chi connectivity index (χ3v) is 3.71. The smallest absolute Gasteiger partial charge is 0.125 e. The van der Waals surface area contributed by atoms with Crippen LogP contribution in [0.15, 0.2) is 12.1 Å². The van der Waals surface area contributed by atoms with Crippen LogP contribution in [0.1, 0.15) is 43.4 Å². The molecule has 102 valence electrons. The highest BCUT2D eigenvalue weighted by Crippen LogP contribution is 2.27. The Morgan fingerprint density at radius 2 is 1.94 bits per heavy atom. The van der Waals surface area contributed by atoms with E-state index in [-0.39, 0.29) is 0 Å². The van der Waals surface area contributed by atoms with Crippen molar-refractivity contribution in [2.24, 2.45) is 0 Å². The van der Waals surface area contributed by atoms with Crippen molar-refractivity contribution in [3.63, 3.8) is 0 Å². The minimum atomic E-state index is 0.612. The molecule has 1 aromatic rings. The van der Waals surface area contributed by atoms with Gasteiger partial charge in [0.25, 0.3) is 0 Å². The summed E-state index contributed by atoms with van der Waals surface area (Å²) < 4.78 is 5.56. The van der Waals surface area contributed by atoms with Crippen molar-refractivity contribution in [2.45, 2.75) is 53.0 Å². The van der Waals surface area contributed by atoms with Crippen molar-refractivity contribution in [1.82, 2.24) is 5.32 Å². The zero-order valence-electron chi connectivity index (χ0n) is 12.5. The van der Waals surface area contributed by atoms with E-state index in [1.807, 2.05) is 0 Å². The first kappa shape index (κ1) is 15.0. The molecule has 0 fully saturated rings. The maximum atomic E-state index is 5.56. The SMILES string of the molecule is CCNC(CC)CCc1ccc(C)c(C)c1OC. The molecule has 0 spiro atoms. The summed E-state index contributed by atoms with van der Waals surface area (Å²) in [6.07, 6.45) is 3.43. The van der Waals surface area contributed by atoms with Gasteiger partial charge in [-0.15, -0.1) is 0 Å². The van der Waals surface area contributed by atoms with Crippen molar-refractivity contribution >= 4 is 0 Å². The Hall–Kier alpha value is -1.02. The van der Waals surface area contributed by atoms with Gasteiger partial charge in [-0.05, 0) is 56.3 Å². The summed E-state index contributed by atoms with van der Waals surface area (Å²) in [5.74, 6) is 1.07. The summed E-state index contributed by atoms with van der Waals surface area (Å²) in [5, 5.41) is 3.53. The van der Waals surface area contributed by atoms with Crippen LogP contribution < -0.4 is 10.1 Å². The molecule has 18 heavy (non-hydrogen) atoms. The van der Waals surface area contributed by atoms with Gasteiger partial charge in [0, 0.05) is 6.04 Å². The molecule has 1 aromatic carbocycles. The Kier molecular flexibility index (Phi) is 6.20. The van der Waals surface area contributed by atoms with Crippen molar-refractivity contribution < 1.29 is 4.74 Å². The van der Waals surface area contributed by atoms with E-state index in [9.17, 15) is 0 Å². The quantitative estimate of drug-likeness (QED) is 0.796. The van der Waals surface area contributed by atoms with Crippen LogP contribution in [0.25, 0.3) is 0 Å². The van der Waals surface area contributed by atoms with E-state index >= 15 is 0 Å². The molecule has 1 unspecified atom stereocenters. The molecule has 0 aliphatic heterocycles. The molecule has 2 nitrogen and oxygen atoms in total. The maximum Gasteiger partial charge on any atom is 0.125 e. The first-order chi connectivity index (χ1) is 8.63. The van der Waals surface area contributed by atoms with Gasteiger partial charge in [0.2, 0.25) is 0 Å². The molecule has 2 heteroatoms. The fourth-order valence-electron chi connectivity index (χ4n) is 2.40. The van der Waals surface area contributed by atoms with E-state index in [1.54, 1.807) is 7.11 Å². The summed E-state index contributed by atoms with van der Waals surface area (Å²) in [7, 11) is 1.77. The standard InChI is InChI=1S/C16H27NO/c1-6-15(17-7-2)11-10-14-9-8-12(3)13(4)16(14)18-5/h8-9,15,17H,6-7,10-11H2,1-5H3. The second kappa shape index (κ2) is 7.42. The van der Waals surface area contributed by atoms with Gasteiger partial charge in [-0.3, -0.25) is 0 Å². The predicted octanol–water partition coefficient (Wildman–Crippen LogP) is 3.63. The summed E-state index contributed by atoms with van der Waals surface area (Å²) in [6, 6.07) is 5.02. The average Bonchev–Trinajstić information content (AvgIpc) is 2.38. The Labute approximate surface area is 112 Å². The third-order valence-electron chi connectivity index (χ3n) is 3.71. The fourth-order valence-corrected chi connectivity index (χ4v) is 2.40. The second-order valence-corrected chi connectivity index (χ2v) is 4.90. The topological polar surface area (TPSA) is 21.3 Å². The van der Waals surface area contributed by atoms with E-state index in [0.717, 1.165) is 18.7 Å². The van der Waals surface area contributed by atoms with Crippen LogP contribution in [-0.2, 0) is 6.42 Å². The third kappa shape index (κ3) is 3.74. The van der Waals surface area contributed by atoms with Crippen LogP contribution in [-0.4, -0.2) is 19.7 Å². The van der Waals surface area contributed by atoms with Gasteiger partial charge in [0.05, 0.1) is 7.11 Å². The molecule has 0 aliphatic carbocycles. The molecule has 0 aliphatic rings. The van der Waals surface area contributed by atoms with Crippen LogP contribution in [0.2, 0.25) is 0 Å². The molecule has 0 bridgehead atoms. The van der Waals surface area contributed by atoms with Crippen molar-refractivity contribution in [3.8, 4) is 5.75 Å². The highest BCUT2D eigenvalue weighted by Gasteiger charge is 2.11. The molecule has 1 atom stereocenters. The normalized spacial score (nSPS) is 12.5. The lowest BCUT2D eigenvalue weighted by atomic mass is 9.98. The van der Waals surface area contributed by atoms with Crippen LogP contribution in [0.5, 0.6) is 5.75 Å². The highest BCUT2D eigenvalue weighted by molar-refractivity contribution is 5.45. The number of rotatable bonds is 7. The number of ether oxygens (including phenoxy) is 1. The van der Waals surface area contributed by atoms with E-state index in [0.29, 0.717) is 6.04 Å². The molecular formula is C16H27NO. The first-order valence-electron chi connectivity index (χ1n) is 7.00. The van der Waals surface area contributed by atoms with Crippen LogP contribution >= 0.6 is 0 Å². The van der Waals surface area contributed by atoms with Crippen LogP contribution in [0.3, 0.4) is 0 Å². The lowest BCUT2D eigenvalue weighted by molar-refractivity contribution is 0.402. The van der Waals surface area contributed by atoms with E-state index in [2.05, 4.69) is 45.1 Å². The van der Waals surface area contributed by atoms with E-state index in [4.69, 9.17) is 4.74 Å². The van der Waals surface area contributed by atoms with Crippen molar-refractivity contribution in [1.29, 1.82) is 0 Å². The Morgan fingerprint density at radius 1 is 1.22 bits per heavy atom. The van der Waals surface area contributed by atoms with Crippen LogP contribution in [0, 0.1) is 13.8 Å². The molecule has 0 heterocycles. The molecule has 0 radical (unpaired) electrons. The summed E-state index contributed by atoms with van der Waals surface area (Å²) >= 11 is 0. The molecule has 0 saturated heterocycles. The maximum absolute atomic E-state index is 5.56. The monoisotopic (exact) mass is 249 g/mol. The first-order valence-corrected chi connectivity index (χ1v) is 7.00. The number of aryl methyl sites for hydroxylation is 2. The lowest BCUT2D eigenvalue weighted by Crippen LogP contribution is -2.28. The number of methoxy groups -OCH3 is 1. The number of hydrogen-bond acceptors (Lipinski definition) is 2. The van der Waals surface area contributed by atoms with E-state index < -0.39 is 0 Å². The molecule has 0 saturated carbocycles. The number of hydrogen-bond donors (Lipinski definition) is 1. The molecule has 0 amide bonds. The lowest BCUT2D eigenvalue weighted by Gasteiger charge is -2.18. The minimum absolute atomic E-state index is 0.612. The minimum Gasteiger partial charge on any atom is -0.496 e. The van der Waals surface area contributed by atoms with Gasteiger partial charge in [-0.25, -0.2) is 0 Å². The zero-order valence-corrected chi connectivity index (χ0v) is 12.5. The molecule has 1 rings (SSSR count). The Bertz CT molecular complexity index is 374. The Balaban J connectivity index is 2.75. The van der Waals surface area contributed by atoms with Gasteiger partial charge < -0.3 is 10.1 Å². The number of benzene rings is 1. The fraction of sp³-hybridized carbons (Fsp3) is 0.625. The largest absolute Gasteiger partial charge is 0.496 e. The predicted molar refractivity (Wildman–Crippen MR) is 78.5 cm³/mol. The molecule has 0 aromatic heterocycles. The second-order valence-electron chi connectivity index (χ2n) is 4.90. The summed E-state index contributed by atoms with van der Waals surface area (Å²) in [5.41, 5.74) is 3.90. The summed E-state index contributed by atoms with van der Waals surface area (Å²) in [4.78, 5) is 0. The Morgan fingerprint density at radius 3 is 2.50 bits per heavy atom. The highest BCUT2D eigenvalue weighted by atomic mass is 16.5. The van der Waals surface area contributed by atoms with Gasteiger partial charge in [-0.1, -0.05) is 26.0 Å². The van der Waals surface area contributed by atoms with Gasteiger partial charge in [-0.2, -0.15) is 0 Å². The van der Waals surface area contributed by atoms with Gasteiger partial charge in [0.1, 0.15) is 5.75 Å². The number of nitrogens with one attached hydrogen (secondary N) is 1. The molecular weight excluding hydrogens is 222 g/mol. The van der Waals surface area contributed by atoms with Gasteiger partial charge >= 0.3 is 0 Å². The average molecular weight is 249 g/mol. The van der Waals surface area contributed by atoms with E-state index in [1.165, 1.54) is 29.5 Å². The zero-order chi connectivity index (χ0) is 13.5.